The van der Waals surface area contributed by atoms with E-state index in [1.807, 2.05) is 6.07 Å². The Morgan fingerprint density at radius 3 is 1.98 bits per heavy atom. The number of imidazole rings is 1. The van der Waals surface area contributed by atoms with Crippen molar-refractivity contribution in [1.82, 2.24) is 9.55 Å². The van der Waals surface area contributed by atoms with Crippen LogP contribution in [-0.2, 0) is 25.5 Å². The number of aryl methyl sites for hydroxylation is 2. The van der Waals surface area contributed by atoms with Crippen molar-refractivity contribution in [2.24, 2.45) is 0 Å². The first kappa shape index (κ1) is 33.3. The summed E-state index contributed by atoms with van der Waals surface area (Å²) >= 11 is 0. The van der Waals surface area contributed by atoms with Gasteiger partial charge in [-0.25, -0.2) is 11.1 Å². The zero-order valence-electron chi connectivity index (χ0n) is 39.9. The molecule has 292 valence electrons. The van der Waals surface area contributed by atoms with Gasteiger partial charge in [-0.15, -0.1) is 29.3 Å². The summed E-state index contributed by atoms with van der Waals surface area (Å²) in [6.07, 6.45) is 0. The minimum absolute atomic E-state index is 0. The van der Waals surface area contributed by atoms with Gasteiger partial charge in [0, 0.05) is 24.7 Å². The Morgan fingerprint density at radius 1 is 0.661 bits per heavy atom. The number of para-hydroxylation sites is 3. The van der Waals surface area contributed by atoms with Gasteiger partial charge in [0.1, 0.15) is 5.58 Å². The second-order valence-corrected chi connectivity index (χ2v) is 22.1. The average molecular weight is 966 g/mol. The Balaban J connectivity index is 0.000000232. The van der Waals surface area contributed by atoms with Crippen LogP contribution in [0.5, 0.6) is 0 Å². The second kappa shape index (κ2) is 15.5. The minimum atomic E-state index is -2.15. The van der Waals surface area contributed by atoms with Gasteiger partial charge in [-0.05, 0) is 45.3 Å². The standard InChI is InChI=1S/C40H35N2OSi.C14H12.Ir/c1-40(2,3)32-14-7-9-16-34(32)42-35-17-10-8-15-33(35)41-39(42)31-13-11-12-29-30-22-20-25-18-19-26-24-27(44(4,5)6)21-23-28(26)36(25)38(30)43-37(29)31;1-11-3-7-13(8-4-11)14-9-5-12(2)6-10-14;/h7-12,14-24H,1-6H3;3-7,9H,1-2H3;/q-1;-2;+3/i;1D3,2D3;. The first-order valence-electron chi connectivity index (χ1n) is 22.6. The van der Waals surface area contributed by atoms with Crippen LogP contribution < -0.4 is 5.19 Å². The van der Waals surface area contributed by atoms with E-state index < -0.39 is 21.8 Å². The van der Waals surface area contributed by atoms with Crippen LogP contribution in [0.1, 0.15) is 45.7 Å². The molecule has 0 aliphatic rings. The maximum absolute atomic E-state index is 7.29. The van der Waals surface area contributed by atoms with Gasteiger partial charge in [-0.1, -0.05) is 143 Å². The van der Waals surface area contributed by atoms with Crippen molar-refractivity contribution in [3.63, 3.8) is 0 Å². The number of hydrogen-bond acceptors (Lipinski definition) is 2. The van der Waals surface area contributed by atoms with Crippen LogP contribution >= 0.6 is 0 Å². The summed E-state index contributed by atoms with van der Waals surface area (Å²) in [5.41, 5.74) is 8.75. The van der Waals surface area contributed by atoms with E-state index in [4.69, 9.17) is 17.6 Å². The molecule has 0 unspecified atom stereocenters. The molecule has 5 heteroatoms. The molecule has 0 amide bonds. The van der Waals surface area contributed by atoms with Crippen molar-refractivity contribution < 1.29 is 32.7 Å². The monoisotopic (exact) mass is 966 g/mol. The second-order valence-electron chi connectivity index (χ2n) is 17.0. The van der Waals surface area contributed by atoms with E-state index in [1.165, 1.54) is 51.2 Å². The molecule has 0 aliphatic heterocycles. The zero-order chi connectivity index (χ0) is 45.3. The molecule has 0 spiro atoms. The number of furan rings is 1. The van der Waals surface area contributed by atoms with Crippen LogP contribution in [0.25, 0.3) is 82.7 Å². The molecular formula is C54H47IrN2OSi. The Hall–Kier alpha value is -5.58. The van der Waals surface area contributed by atoms with Crippen molar-refractivity contribution in [2.45, 2.75) is 59.5 Å². The normalized spacial score (nSPS) is 13.9. The van der Waals surface area contributed by atoms with Crippen LogP contribution in [0.2, 0.25) is 19.6 Å². The van der Waals surface area contributed by atoms with Crippen LogP contribution in [0, 0.1) is 31.9 Å². The van der Waals surface area contributed by atoms with Gasteiger partial charge < -0.3 is 8.98 Å². The SMILES string of the molecule is CC(C)(C)c1ccccc1-n1c(-c2[c-]ccc3c2oc2c3ccc3ccc4cc([Si](C)(C)C)ccc4c32)nc2ccccc21.[2H]C([2H])([2H])c1c[c-]c(-c2[c-]cc(C([2H])([2H])[2H])cc2)cc1.[Ir+3]. The Bertz CT molecular complexity index is 3320. The van der Waals surface area contributed by atoms with Gasteiger partial charge >= 0.3 is 20.1 Å². The molecule has 0 N–H and O–H groups in total. The average Bonchev–Trinajstić information content (AvgIpc) is 3.84. The smallest absolute Gasteiger partial charge is 0.500 e. The predicted octanol–water partition coefficient (Wildman–Crippen LogP) is 14.1. The number of nitrogens with zero attached hydrogens (tertiary/aromatic N) is 2. The molecular weight excluding hydrogens is 913 g/mol. The fraction of sp³-hybridized carbons (Fsp3) is 0.167. The van der Waals surface area contributed by atoms with Crippen molar-refractivity contribution in [1.29, 1.82) is 0 Å². The van der Waals surface area contributed by atoms with Crippen LogP contribution in [0.15, 0.2) is 144 Å². The van der Waals surface area contributed by atoms with Gasteiger partial charge in [0.15, 0.2) is 0 Å². The summed E-state index contributed by atoms with van der Waals surface area (Å²) in [5, 5.41) is 8.49. The van der Waals surface area contributed by atoms with Crippen molar-refractivity contribution in [2.75, 3.05) is 0 Å². The fourth-order valence-electron chi connectivity index (χ4n) is 7.90. The van der Waals surface area contributed by atoms with E-state index >= 15 is 0 Å². The van der Waals surface area contributed by atoms with Crippen LogP contribution in [0.4, 0.5) is 0 Å². The Morgan fingerprint density at radius 2 is 1.31 bits per heavy atom. The number of benzene rings is 8. The summed E-state index contributed by atoms with van der Waals surface area (Å²) < 4.78 is 53.0. The summed E-state index contributed by atoms with van der Waals surface area (Å²) in [6, 6.07) is 55.6. The third kappa shape index (κ3) is 7.48. The summed E-state index contributed by atoms with van der Waals surface area (Å²) in [5.74, 6) is 0.835. The molecule has 8 aromatic carbocycles. The van der Waals surface area contributed by atoms with Crippen molar-refractivity contribution in [3.05, 3.63) is 174 Å². The minimum Gasteiger partial charge on any atom is -0.500 e. The molecule has 59 heavy (non-hydrogen) atoms. The van der Waals surface area contributed by atoms with E-state index in [9.17, 15) is 0 Å². The number of fused-ring (bicyclic) bond motifs is 8. The first-order valence-corrected chi connectivity index (χ1v) is 23.1. The molecule has 2 heterocycles. The fourth-order valence-corrected chi connectivity index (χ4v) is 9.07. The van der Waals surface area contributed by atoms with Gasteiger partial charge in [0.2, 0.25) is 0 Å². The van der Waals surface area contributed by atoms with E-state index in [2.05, 4.69) is 160 Å². The number of aromatic nitrogens is 2. The van der Waals surface area contributed by atoms with Gasteiger partial charge in [-0.2, -0.15) is 48.5 Å². The zero-order valence-corrected chi connectivity index (χ0v) is 37.3. The maximum atomic E-state index is 7.29. The molecule has 0 saturated carbocycles. The van der Waals surface area contributed by atoms with Crippen LogP contribution in [0.3, 0.4) is 0 Å². The molecule has 0 fully saturated rings. The van der Waals surface area contributed by atoms with Gasteiger partial charge in [0.05, 0.1) is 30.5 Å². The molecule has 0 saturated heterocycles. The molecule has 3 nitrogen and oxygen atoms in total. The van der Waals surface area contributed by atoms with E-state index in [-0.39, 0.29) is 36.6 Å². The molecule has 0 bridgehead atoms. The van der Waals surface area contributed by atoms with E-state index in [1.54, 1.807) is 12.1 Å². The molecule has 0 atom stereocenters. The Kier molecular flexibility index (Phi) is 8.77. The first-order chi connectivity index (χ1) is 30.3. The van der Waals surface area contributed by atoms with Crippen LogP contribution in [-0.4, -0.2) is 17.6 Å². The third-order valence-corrected chi connectivity index (χ3v) is 13.0. The third-order valence-electron chi connectivity index (χ3n) is 10.9. The predicted molar refractivity (Wildman–Crippen MR) is 248 cm³/mol. The largest absolute Gasteiger partial charge is 3.00 e. The molecule has 0 aliphatic carbocycles. The summed E-state index contributed by atoms with van der Waals surface area (Å²) in [7, 11) is -1.44. The number of hydrogen-bond donors (Lipinski definition) is 0. The maximum Gasteiger partial charge on any atom is 3.00 e. The quantitative estimate of drug-likeness (QED) is 0.1000. The molecule has 10 rings (SSSR count). The molecule has 2 aromatic heterocycles. The van der Waals surface area contributed by atoms with Gasteiger partial charge in [0.25, 0.3) is 0 Å². The van der Waals surface area contributed by atoms with Gasteiger partial charge in [-0.3, -0.25) is 4.98 Å². The number of rotatable bonds is 4. The van der Waals surface area contributed by atoms with E-state index in [0.29, 0.717) is 11.1 Å². The summed E-state index contributed by atoms with van der Waals surface area (Å²) in [4.78, 5) is 5.22. The topological polar surface area (TPSA) is 31.0 Å². The molecule has 0 radical (unpaired) electrons. The van der Waals surface area contributed by atoms with Crippen molar-refractivity contribution >= 4 is 67.8 Å². The van der Waals surface area contributed by atoms with E-state index in [0.717, 1.165) is 55.4 Å². The Labute approximate surface area is 370 Å². The summed E-state index contributed by atoms with van der Waals surface area (Å²) in [6.45, 7) is 9.69. The van der Waals surface area contributed by atoms with Crippen molar-refractivity contribution in [3.8, 4) is 28.2 Å². The molecule has 10 aromatic rings.